The molecule has 120 valence electrons. The summed E-state index contributed by atoms with van der Waals surface area (Å²) in [6.07, 6.45) is 0.112. The molecule has 0 aromatic rings. The van der Waals surface area contributed by atoms with E-state index in [2.05, 4.69) is 16.9 Å². The number of aliphatic hydroxyl groups is 1. The van der Waals surface area contributed by atoms with Gasteiger partial charge < -0.3 is 24.1 Å². The molecular formula is C13H23N3O5. The third-order valence-electron chi connectivity index (χ3n) is 3.70. The van der Waals surface area contributed by atoms with Crippen molar-refractivity contribution in [2.75, 3.05) is 19.8 Å². The van der Waals surface area contributed by atoms with E-state index in [9.17, 15) is 5.11 Å². The summed E-state index contributed by atoms with van der Waals surface area (Å²) >= 11 is 0. The summed E-state index contributed by atoms with van der Waals surface area (Å²) in [6.45, 7) is 5.94. The normalized spacial score (nSPS) is 37.2. The second-order valence-electron chi connectivity index (χ2n) is 5.80. The summed E-state index contributed by atoms with van der Waals surface area (Å²) in [5.41, 5.74) is 7.40. The van der Waals surface area contributed by atoms with E-state index in [0.29, 0.717) is 6.61 Å². The molecule has 2 heterocycles. The summed E-state index contributed by atoms with van der Waals surface area (Å²) in [6, 6.07) is 0. The average Bonchev–Trinajstić information content (AvgIpc) is 2.87. The first-order valence-corrected chi connectivity index (χ1v) is 7.26. The minimum absolute atomic E-state index is 0.107. The summed E-state index contributed by atoms with van der Waals surface area (Å²) < 4.78 is 23.2. The van der Waals surface area contributed by atoms with E-state index in [1.54, 1.807) is 13.8 Å². The first-order chi connectivity index (χ1) is 9.99. The number of unbranched alkanes of at least 4 members (excludes halogenated alkanes) is 1. The Bertz CT molecular complexity index is 413. The van der Waals surface area contributed by atoms with Gasteiger partial charge >= 0.3 is 0 Å². The zero-order valence-corrected chi connectivity index (χ0v) is 12.7. The van der Waals surface area contributed by atoms with Crippen molar-refractivity contribution in [3.63, 3.8) is 0 Å². The van der Waals surface area contributed by atoms with Crippen LogP contribution >= 0.6 is 0 Å². The first kappa shape index (κ1) is 16.5. The third kappa shape index (κ3) is 3.15. The van der Waals surface area contributed by atoms with Crippen molar-refractivity contribution >= 4 is 0 Å². The van der Waals surface area contributed by atoms with Gasteiger partial charge in [0, 0.05) is 11.5 Å². The van der Waals surface area contributed by atoms with E-state index in [0.717, 1.165) is 12.8 Å². The highest BCUT2D eigenvalue weighted by Gasteiger charge is 2.66. The molecule has 1 N–H and O–H groups in total. The van der Waals surface area contributed by atoms with Crippen molar-refractivity contribution in [3.8, 4) is 0 Å². The second-order valence-corrected chi connectivity index (χ2v) is 5.80. The van der Waals surface area contributed by atoms with Gasteiger partial charge in [0.15, 0.2) is 17.7 Å². The number of fused-ring (bicyclic) bond motifs is 1. The van der Waals surface area contributed by atoms with E-state index in [1.807, 2.05) is 0 Å². The van der Waals surface area contributed by atoms with Crippen molar-refractivity contribution in [2.45, 2.75) is 63.5 Å². The van der Waals surface area contributed by atoms with Crippen LogP contribution in [0.15, 0.2) is 5.11 Å². The van der Waals surface area contributed by atoms with Crippen LogP contribution < -0.4 is 0 Å². The number of hydrogen-bond donors (Lipinski definition) is 1. The number of nitrogens with zero attached hydrogens (tertiary/aromatic N) is 3. The molecule has 2 aliphatic heterocycles. The summed E-state index contributed by atoms with van der Waals surface area (Å²) in [5, 5.41) is 13.4. The maximum absolute atomic E-state index is 9.86. The summed E-state index contributed by atoms with van der Waals surface area (Å²) in [7, 11) is 0. The van der Waals surface area contributed by atoms with Crippen LogP contribution in [0.1, 0.15) is 33.6 Å². The Balaban J connectivity index is 2.18. The number of hydrogen-bond acceptors (Lipinski definition) is 6. The van der Waals surface area contributed by atoms with Crippen LogP contribution in [-0.4, -0.2) is 54.8 Å². The maximum atomic E-state index is 9.86. The topological polar surface area (TPSA) is 106 Å². The van der Waals surface area contributed by atoms with Gasteiger partial charge in [0.1, 0.15) is 6.10 Å². The molecule has 0 radical (unpaired) electrons. The molecule has 2 aliphatic rings. The SMILES string of the molecule is CCCCOC1O[C@H](CN=[N+]=[N-])[C@H]2OC(C)(C)O[C@@]12CO. The fraction of sp³-hybridized carbons (Fsp3) is 1.00. The van der Waals surface area contributed by atoms with Gasteiger partial charge in [0.2, 0.25) is 0 Å². The van der Waals surface area contributed by atoms with E-state index in [4.69, 9.17) is 24.5 Å². The average molecular weight is 301 g/mol. The van der Waals surface area contributed by atoms with Gasteiger partial charge in [-0.15, -0.1) is 0 Å². The Kier molecular flexibility index (Phi) is 5.08. The Morgan fingerprint density at radius 1 is 1.43 bits per heavy atom. The van der Waals surface area contributed by atoms with Crippen molar-refractivity contribution in [1.82, 2.24) is 0 Å². The quantitative estimate of drug-likeness (QED) is 0.333. The number of azide groups is 1. The molecule has 0 aliphatic carbocycles. The molecule has 1 unspecified atom stereocenters. The smallest absolute Gasteiger partial charge is 0.192 e. The fourth-order valence-electron chi connectivity index (χ4n) is 2.83. The van der Waals surface area contributed by atoms with Gasteiger partial charge in [-0.25, -0.2) is 0 Å². The molecule has 21 heavy (non-hydrogen) atoms. The van der Waals surface area contributed by atoms with Crippen molar-refractivity contribution in [3.05, 3.63) is 10.4 Å². The largest absolute Gasteiger partial charge is 0.393 e. The second kappa shape index (κ2) is 6.48. The predicted molar refractivity (Wildman–Crippen MR) is 73.4 cm³/mol. The molecule has 2 saturated heterocycles. The van der Waals surface area contributed by atoms with E-state index in [1.165, 1.54) is 0 Å². The molecule has 0 spiro atoms. The van der Waals surface area contributed by atoms with Crippen LogP contribution in [0.3, 0.4) is 0 Å². The Morgan fingerprint density at radius 3 is 2.81 bits per heavy atom. The molecule has 0 amide bonds. The summed E-state index contributed by atoms with van der Waals surface area (Å²) in [4.78, 5) is 2.74. The van der Waals surface area contributed by atoms with Crippen LogP contribution in [0.25, 0.3) is 10.4 Å². The van der Waals surface area contributed by atoms with Gasteiger partial charge in [-0.3, -0.25) is 0 Å². The third-order valence-corrected chi connectivity index (χ3v) is 3.70. The lowest BCUT2D eigenvalue weighted by Gasteiger charge is -2.31. The molecule has 8 heteroatoms. The van der Waals surface area contributed by atoms with Gasteiger partial charge in [-0.2, -0.15) is 0 Å². The predicted octanol–water partition coefficient (Wildman–Crippen LogP) is 1.72. The Morgan fingerprint density at radius 2 is 2.19 bits per heavy atom. The molecule has 8 nitrogen and oxygen atoms in total. The van der Waals surface area contributed by atoms with E-state index in [-0.39, 0.29) is 13.2 Å². The van der Waals surface area contributed by atoms with Gasteiger partial charge in [-0.1, -0.05) is 18.5 Å². The highest BCUT2D eigenvalue weighted by Crippen LogP contribution is 2.47. The lowest BCUT2D eigenvalue weighted by atomic mass is 9.96. The standard InChI is InChI=1S/C13H23N3O5/c1-4-5-6-18-11-13(8-17)10(20-12(2,3)21-13)9(19-11)7-15-16-14/h9-11,17H,4-8H2,1-3H3/t9-,10-,11?,13-/m1/s1. The number of rotatable bonds is 7. The molecule has 0 bridgehead atoms. The van der Waals surface area contributed by atoms with Gasteiger partial charge in [-0.05, 0) is 25.8 Å². The minimum atomic E-state index is -1.08. The molecule has 4 atom stereocenters. The molecule has 0 aromatic heterocycles. The van der Waals surface area contributed by atoms with E-state index >= 15 is 0 Å². The van der Waals surface area contributed by atoms with Gasteiger partial charge in [0.05, 0.1) is 19.3 Å². The maximum Gasteiger partial charge on any atom is 0.192 e. The van der Waals surface area contributed by atoms with Crippen LogP contribution in [0.5, 0.6) is 0 Å². The van der Waals surface area contributed by atoms with Crippen molar-refractivity contribution in [1.29, 1.82) is 0 Å². The molecule has 2 rings (SSSR count). The highest BCUT2D eigenvalue weighted by atomic mass is 16.8. The first-order valence-electron chi connectivity index (χ1n) is 7.26. The summed E-state index contributed by atoms with van der Waals surface area (Å²) in [5.74, 6) is -0.849. The highest BCUT2D eigenvalue weighted by molar-refractivity contribution is 5.07. The van der Waals surface area contributed by atoms with E-state index < -0.39 is 29.9 Å². The Labute approximate surface area is 123 Å². The van der Waals surface area contributed by atoms with Crippen molar-refractivity contribution < 1.29 is 24.1 Å². The zero-order chi connectivity index (χ0) is 15.5. The molecule has 2 fully saturated rings. The Hall–Kier alpha value is -0.890. The van der Waals surface area contributed by atoms with Crippen molar-refractivity contribution in [2.24, 2.45) is 5.11 Å². The zero-order valence-electron chi connectivity index (χ0n) is 12.7. The van der Waals surface area contributed by atoms with Gasteiger partial charge in [0.25, 0.3) is 0 Å². The lowest BCUT2D eigenvalue weighted by Crippen LogP contribution is -2.51. The molecule has 0 saturated carbocycles. The van der Waals surface area contributed by atoms with Crippen LogP contribution in [-0.2, 0) is 18.9 Å². The number of aliphatic hydroxyl groups excluding tert-OH is 1. The molecule has 0 aromatic carbocycles. The number of ether oxygens (including phenoxy) is 4. The lowest BCUT2D eigenvalue weighted by molar-refractivity contribution is -0.265. The van der Waals surface area contributed by atoms with Crippen LogP contribution in [0.2, 0.25) is 0 Å². The monoisotopic (exact) mass is 301 g/mol. The minimum Gasteiger partial charge on any atom is -0.393 e. The molecular weight excluding hydrogens is 278 g/mol. The fourth-order valence-corrected chi connectivity index (χ4v) is 2.83. The van der Waals surface area contributed by atoms with Crippen LogP contribution in [0.4, 0.5) is 0 Å². The van der Waals surface area contributed by atoms with Crippen LogP contribution in [0, 0.1) is 0 Å².